The molecule has 0 aliphatic carbocycles. The fourth-order valence-corrected chi connectivity index (χ4v) is 3.80. The van der Waals surface area contributed by atoms with E-state index in [0.29, 0.717) is 12.8 Å². The van der Waals surface area contributed by atoms with Gasteiger partial charge >= 0.3 is 6.09 Å². The highest BCUT2D eigenvalue weighted by Gasteiger charge is 2.43. The van der Waals surface area contributed by atoms with Gasteiger partial charge in [0.05, 0.1) is 11.8 Å². The Bertz CT molecular complexity index is 914. The Morgan fingerprint density at radius 2 is 1.28 bits per heavy atom. The zero-order valence-corrected chi connectivity index (χ0v) is 17.4. The first kappa shape index (κ1) is 23.2. The highest BCUT2D eigenvalue weighted by Crippen LogP contribution is 2.24. The van der Waals surface area contributed by atoms with Crippen LogP contribution in [-0.2, 0) is 22.4 Å². The van der Waals surface area contributed by atoms with Gasteiger partial charge < -0.3 is 20.6 Å². The van der Waals surface area contributed by atoms with E-state index < -0.39 is 29.7 Å². The van der Waals surface area contributed by atoms with Crippen molar-refractivity contribution in [3.05, 3.63) is 71.3 Å². The minimum absolute atomic E-state index is 0.0802. The largest absolute Gasteiger partial charge is 0.465 e. The van der Waals surface area contributed by atoms with Crippen LogP contribution >= 0.6 is 0 Å². The fourth-order valence-electron chi connectivity index (χ4n) is 3.80. The van der Waals surface area contributed by atoms with Crippen LogP contribution in [0, 0.1) is 23.5 Å². The SMILES string of the molecule is O=C(NCCc1cccc(F)c1)C1CN(C(=O)O)CC1C(=O)NCCc1cccc(F)c1. The quantitative estimate of drug-likeness (QED) is 0.580. The number of carbonyl (C=O) groups is 3. The molecule has 0 aromatic heterocycles. The van der Waals surface area contributed by atoms with E-state index in [1.165, 1.54) is 24.3 Å². The highest BCUT2D eigenvalue weighted by atomic mass is 19.1. The van der Waals surface area contributed by atoms with Crippen LogP contribution in [0.3, 0.4) is 0 Å². The first-order valence-corrected chi connectivity index (χ1v) is 10.4. The lowest BCUT2D eigenvalue weighted by atomic mass is 9.94. The van der Waals surface area contributed by atoms with Gasteiger partial charge in [-0.25, -0.2) is 13.6 Å². The smallest absolute Gasteiger partial charge is 0.407 e. The zero-order valence-electron chi connectivity index (χ0n) is 17.4. The first-order chi connectivity index (χ1) is 15.3. The van der Waals surface area contributed by atoms with Gasteiger partial charge in [0.15, 0.2) is 0 Å². The molecule has 9 heteroatoms. The molecule has 0 radical (unpaired) electrons. The van der Waals surface area contributed by atoms with Gasteiger partial charge in [0, 0.05) is 26.2 Å². The summed E-state index contributed by atoms with van der Waals surface area (Å²) in [4.78, 5) is 37.8. The second-order valence-electron chi connectivity index (χ2n) is 7.74. The zero-order chi connectivity index (χ0) is 23.1. The lowest BCUT2D eigenvalue weighted by Crippen LogP contribution is -2.42. The second kappa shape index (κ2) is 10.7. The first-order valence-electron chi connectivity index (χ1n) is 10.4. The Morgan fingerprint density at radius 1 is 0.844 bits per heavy atom. The number of hydrogen-bond acceptors (Lipinski definition) is 3. The van der Waals surface area contributed by atoms with Crippen molar-refractivity contribution in [3.8, 4) is 0 Å². The van der Waals surface area contributed by atoms with Crippen molar-refractivity contribution < 1.29 is 28.3 Å². The molecule has 1 heterocycles. The summed E-state index contributed by atoms with van der Waals surface area (Å²) < 4.78 is 26.6. The summed E-state index contributed by atoms with van der Waals surface area (Å²) in [6, 6.07) is 12.1. The van der Waals surface area contributed by atoms with Crippen molar-refractivity contribution in [2.75, 3.05) is 26.2 Å². The van der Waals surface area contributed by atoms with Crippen LogP contribution in [0.1, 0.15) is 11.1 Å². The Balaban J connectivity index is 1.55. The summed E-state index contributed by atoms with van der Waals surface area (Å²) in [7, 11) is 0. The third kappa shape index (κ3) is 6.26. The number of carboxylic acid groups (broad SMARTS) is 1. The van der Waals surface area contributed by atoms with Crippen molar-refractivity contribution in [2.45, 2.75) is 12.8 Å². The van der Waals surface area contributed by atoms with Crippen LogP contribution in [0.2, 0.25) is 0 Å². The maximum absolute atomic E-state index is 13.3. The van der Waals surface area contributed by atoms with Crippen LogP contribution < -0.4 is 10.6 Å². The minimum atomic E-state index is -1.20. The lowest BCUT2D eigenvalue weighted by Gasteiger charge is -2.17. The van der Waals surface area contributed by atoms with Gasteiger partial charge in [-0.1, -0.05) is 24.3 Å². The molecule has 7 nitrogen and oxygen atoms in total. The molecule has 0 bridgehead atoms. The number of hydrogen-bond donors (Lipinski definition) is 3. The number of amides is 3. The summed E-state index contributed by atoms with van der Waals surface area (Å²) in [6.45, 7) is 0.311. The van der Waals surface area contributed by atoms with Gasteiger partial charge in [0.2, 0.25) is 11.8 Å². The summed E-state index contributed by atoms with van der Waals surface area (Å²) in [5.74, 6) is -3.22. The van der Waals surface area contributed by atoms with E-state index in [4.69, 9.17) is 0 Å². The molecule has 1 aliphatic rings. The Kier molecular flexibility index (Phi) is 7.75. The maximum atomic E-state index is 13.3. The Hall–Kier alpha value is -3.49. The fraction of sp³-hybridized carbons (Fsp3) is 0.348. The summed E-state index contributed by atoms with van der Waals surface area (Å²) in [5, 5.41) is 14.8. The molecule has 2 unspecified atom stereocenters. The van der Waals surface area contributed by atoms with Crippen molar-refractivity contribution >= 4 is 17.9 Å². The molecule has 2 aromatic carbocycles. The summed E-state index contributed by atoms with van der Waals surface area (Å²) in [6.07, 6.45) is -0.384. The van der Waals surface area contributed by atoms with E-state index >= 15 is 0 Å². The summed E-state index contributed by atoms with van der Waals surface area (Å²) in [5.41, 5.74) is 1.44. The van der Waals surface area contributed by atoms with Crippen LogP contribution in [0.15, 0.2) is 48.5 Å². The van der Waals surface area contributed by atoms with Gasteiger partial charge in [0.1, 0.15) is 11.6 Å². The summed E-state index contributed by atoms with van der Waals surface area (Å²) >= 11 is 0. The van der Waals surface area contributed by atoms with Crippen LogP contribution in [0.4, 0.5) is 13.6 Å². The number of nitrogens with one attached hydrogen (secondary N) is 2. The van der Waals surface area contributed by atoms with E-state index in [-0.39, 0.29) is 37.8 Å². The predicted molar refractivity (Wildman–Crippen MR) is 113 cm³/mol. The molecule has 3 rings (SSSR count). The minimum Gasteiger partial charge on any atom is -0.465 e. The molecule has 2 aromatic rings. The standard InChI is InChI=1S/C23H25F2N3O4/c24-17-5-1-3-15(11-17)7-9-26-21(29)19-13-28(23(31)32)14-20(19)22(30)27-10-8-16-4-2-6-18(25)12-16/h1-6,11-12,19-20H,7-10,13-14H2,(H,26,29)(H,27,30)(H,31,32). The average Bonchev–Trinajstić information content (AvgIpc) is 3.20. The molecule has 1 saturated heterocycles. The van der Waals surface area contributed by atoms with Gasteiger partial charge in [-0.3, -0.25) is 9.59 Å². The normalized spacial score (nSPS) is 17.8. The van der Waals surface area contributed by atoms with Gasteiger partial charge in [-0.2, -0.15) is 0 Å². The molecular weight excluding hydrogens is 420 g/mol. The maximum Gasteiger partial charge on any atom is 0.407 e. The van der Waals surface area contributed by atoms with Crippen LogP contribution in [-0.4, -0.2) is 54.1 Å². The number of nitrogens with zero attached hydrogens (tertiary/aromatic N) is 1. The molecule has 32 heavy (non-hydrogen) atoms. The van der Waals surface area contributed by atoms with Gasteiger partial charge in [0.25, 0.3) is 0 Å². The molecular formula is C23H25F2N3O4. The van der Waals surface area contributed by atoms with Crippen LogP contribution in [0.25, 0.3) is 0 Å². The molecule has 170 valence electrons. The highest BCUT2D eigenvalue weighted by molar-refractivity contribution is 5.89. The molecule has 3 N–H and O–H groups in total. The average molecular weight is 445 g/mol. The monoisotopic (exact) mass is 445 g/mol. The lowest BCUT2D eigenvalue weighted by molar-refractivity contribution is -0.132. The van der Waals surface area contributed by atoms with Crippen molar-refractivity contribution in [3.63, 3.8) is 0 Å². The van der Waals surface area contributed by atoms with Gasteiger partial charge in [-0.05, 0) is 48.2 Å². The van der Waals surface area contributed by atoms with Crippen LogP contribution in [0.5, 0.6) is 0 Å². The number of carbonyl (C=O) groups excluding carboxylic acids is 2. The van der Waals surface area contributed by atoms with E-state index in [9.17, 15) is 28.3 Å². The Morgan fingerprint density at radius 3 is 1.66 bits per heavy atom. The number of halogens is 2. The second-order valence-corrected chi connectivity index (χ2v) is 7.74. The number of rotatable bonds is 8. The molecule has 1 fully saturated rings. The number of benzene rings is 2. The number of likely N-dealkylation sites (tertiary alicyclic amines) is 1. The molecule has 2 atom stereocenters. The predicted octanol–water partition coefficient (Wildman–Crippen LogP) is 2.21. The van der Waals surface area contributed by atoms with Crippen molar-refractivity contribution in [1.29, 1.82) is 0 Å². The third-order valence-electron chi connectivity index (χ3n) is 5.47. The molecule has 1 aliphatic heterocycles. The van der Waals surface area contributed by atoms with Crippen molar-refractivity contribution in [1.82, 2.24) is 15.5 Å². The van der Waals surface area contributed by atoms with Gasteiger partial charge in [-0.15, -0.1) is 0 Å². The Labute approximate surface area is 184 Å². The molecule has 0 saturated carbocycles. The van der Waals surface area contributed by atoms with E-state index in [1.807, 2.05) is 0 Å². The van der Waals surface area contributed by atoms with E-state index in [1.54, 1.807) is 24.3 Å². The molecule has 0 spiro atoms. The van der Waals surface area contributed by atoms with Crippen molar-refractivity contribution in [2.24, 2.45) is 11.8 Å². The van der Waals surface area contributed by atoms with E-state index in [2.05, 4.69) is 10.6 Å². The third-order valence-corrected chi connectivity index (χ3v) is 5.47. The molecule has 3 amide bonds. The van der Waals surface area contributed by atoms with E-state index in [0.717, 1.165) is 16.0 Å². The topological polar surface area (TPSA) is 98.7 Å².